The predicted octanol–water partition coefficient (Wildman–Crippen LogP) is 3.76. The van der Waals surface area contributed by atoms with Crippen LogP contribution in [0.1, 0.15) is 18.2 Å². The number of nitrogens with zero attached hydrogens (tertiary/aromatic N) is 3. The summed E-state index contributed by atoms with van der Waals surface area (Å²) in [7, 11) is 0. The Morgan fingerprint density at radius 2 is 1.90 bits per heavy atom. The number of piperazine rings is 1. The summed E-state index contributed by atoms with van der Waals surface area (Å²) in [6, 6.07) is 9.94. The van der Waals surface area contributed by atoms with Crippen molar-refractivity contribution in [3.8, 4) is 10.6 Å². The maximum atomic E-state index is 12.7. The van der Waals surface area contributed by atoms with E-state index in [1.807, 2.05) is 46.0 Å². The molecule has 1 aliphatic rings. The molecule has 6 nitrogen and oxygen atoms in total. The van der Waals surface area contributed by atoms with E-state index in [1.54, 1.807) is 22.7 Å². The Morgan fingerprint density at radius 3 is 2.65 bits per heavy atom. The van der Waals surface area contributed by atoms with Crippen molar-refractivity contribution < 1.29 is 9.59 Å². The summed E-state index contributed by atoms with van der Waals surface area (Å²) in [5.41, 5.74) is 3.96. The predicted molar refractivity (Wildman–Crippen MR) is 127 cm³/mol. The fourth-order valence-corrected chi connectivity index (χ4v) is 5.20. The highest BCUT2D eigenvalue weighted by Gasteiger charge is 2.23. The molecule has 0 saturated carbocycles. The van der Waals surface area contributed by atoms with Crippen LogP contribution in [0.3, 0.4) is 0 Å². The van der Waals surface area contributed by atoms with Crippen LogP contribution in [-0.2, 0) is 22.4 Å². The first kappa shape index (κ1) is 21.7. The van der Waals surface area contributed by atoms with Crippen molar-refractivity contribution in [1.29, 1.82) is 0 Å². The first-order valence-electron chi connectivity index (χ1n) is 10.5. The Morgan fingerprint density at radius 1 is 1.10 bits per heavy atom. The molecule has 0 radical (unpaired) electrons. The zero-order chi connectivity index (χ0) is 21.6. The second-order valence-corrected chi connectivity index (χ2v) is 9.19. The lowest BCUT2D eigenvalue weighted by molar-refractivity contribution is -0.132. The molecule has 8 heteroatoms. The average molecular weight is 455 g/mol. The molecule has 3 heterocycles. The summed E-state index contributed by atoms with van der Waals surface area (Å²) in [5.74, 6) is 0.0900. The number of thiazole rings is 1. The number of hydrogen-bond acceptors (Lipinski definition) is 6. The molecule has 3 aromatic rings. The zero-order valence-corrected chi connectivity index (χ0v) is 19.2. The molecule has 1 aromatic carbocycles. The molecule has 2 amide bonds. The normalized spacial score (nSPS) is 14.5. The molecule has 0 unspecified atom stereocenters. The Bertz CT molecular complexity index is 1020. The largest absolute Gasteiger partial charge is 0.340 e. The molecule has 0 aliphatic carbocycles. The van der Waals surface area contributed by atoms with Crippen molar-refractivity contribution in [2.24, 2.45) is 0 Å². The van der Waals surface area contributed by atoms with E-state index in [0.717, 1.165) is 33.9 Å². The minimum atomic E-state index is -0.0101. The van der Waals surface area contributed by atoms with E-state index in [0.29, 0.717) is 39.1 Å². The van der Waals surface area contributed by atoms with Gasteiger partial charge >= 0.3 is 0 Å². The van der Waals surface area contributed by atoms with Crippen LogP contribution in [0.25, 0.3) is 10.6 Å². The zero-order valence-electron chi connectivity index (χ0n) is 17.5. The van der Waals surface area contributed by atoms with Gasteiger partial charge in [0.1, 0.15) is 5.01 Å². The third-order valence-corrected chi connectivity index (χ3v) is 7.04. The van der Waals surface area contributed by atoms with E-state index >= 15 is 0 Å². The van der Waals surface area contributed by atoms with Crippen molar-refractivity contribution in [2.45, 2.75) is 19.8 Å². The van der Waals surface area contributed by atoms with Gasteiger partial charge in [0.05, 0.1) is 18.7 Å². The maximum absolute atomic E-state index is 12.7. The van der Waals surface area contributed by atoms with Crippen molar-refractivity contribution in [2.75, 3.05) is 38.0 Å². The van der Waals surface area contributed by atoms with Crippen LogP contribution in [0.15, 0.2) is 46.5 Å². The number of carbonyl (C=O) groups is 2. The Hall–Kier alpha value is -2.55. The van der Waals surface area contributed by atoms with Crippen LogP contribution in [0, 0.1) is 0 Å². The number of amides is 2. The molecule has 1 saturated heterocycles. The summed E-state index contributed by atoms with van der Waals surface area (Å²) < 4.78 is 0. The number of benzene rings is 1. The molecule has 1 N–H and O–H groups in total. The van der Waals surface area contributed by atoms with Gasteiger partial charge in [-0.2, -0.15) is 11.3 Å². The fraction of sp³-hybridized carbons (Fsp3) is 0.348. The number of carbonyl (C=O) groups excluding carboxylic acids is 2. The molecule has 0 spiro atoms. The van der Waals surface area contributed by atoms with Gasteiger partial charge in [0.2, 0.25) is 11.8 Å². The highest BCUT2D eigenvalue weighted by molar-refractivity contribution is 7.14. The van der Waals surface area contributed by atoms with E-state index in [9.17, 15) is 9.59 Å². The highest BCUT2D eigenvalue weighted by Crippen LogP contribution is 2.26. The minimum Gasteiger partial charge on any atom is -0.340 e. The second-order valence-electron chi connectivity index (χ2n) is 7.55. The third kappa shape index (κ3) is 5.58. The molecule has 0 atom stereocenters. The van der Waals surface area contributed by atoms with Gasteiger partial charge in [0.25, 0.3) is 0 Å². The summed E-state index contributed by atoms with van der Waals surface area (Å²) in [6.45, 7) is 5.10. The van der Waals surface area contributed by atoms with E-state index in [4.69, 9.17) is 0 Å². The Labute approximate surface area is 190 Å². The van der Waals surface area contributed by atoms with Gasteiger partial charge in [0.15, 0.2) is 0 Å². The number of nitrogens with one attached hydrogen (secondary N) is 1. The molecule has 0 bridgehead atoms. The summed E-state index contributed by atoms with van der Waals surface area (Å²) in [6.07, 6.45) is 1.21. The van der Waals surface area contributed by atoms with Crippen molar-refractivity contribution in [3.63, 3.8) is 0 Å². The molecule has 2 aromatic heterocycles. The molecular formula is C23H26N4O2S2. The third-order valence-electron chi connectivity index (χ3n) is 5.42. The van der Waals surface area contributed by atoms with Crippen LogP contribution in [-0.4, -0.2) is 59.3 Å². The second kappa shape index (κ2) is 10.2. The lowest BCUT2D eigenvalue weighted by Crippen LogP contribution is -2.50. The van der Waals surface area contributed by atoms with Gasteiger partial charge in [-0.25, -0.2) is 4.98 Å². The summed E-state index contributed by atoms with van der Waals surface area (Å²) in [5, 5.41) is 10.1. The van der Waals surface area contributed by atoms with Gasteiger partial charge in [-0.05, 0) is 29.5 Å². The number of aryl methyl sites for hydroxylation is 1. The van der Waals surface area contributed by atoms with Gasteiger partial charge in [-0.3, -0.25) is 14.5 Å². The van der Waals surface area contributed by atoms with Crippen LogP contribution in [0.5, 0.6) is 0 Å². The quantitative estimate of drug-likeness (QED) is 0.590. The summed E-state index contributed by atoms with van der Waals surface area (Å²) >= 11 is 3.22. The monoisotopic (exact) mass is 454 g/mol. The van der Waals surface area contributed by atoms with Crippen molar-refractivity contribution in [3.05, 3.63) is 57.7 Å². The number of thiophene rings is 1. The SMILES string of the molecule is CCc1ccccc1NC(=O)CN1CCN(C(=O)Cc2csc(-c3ccsc3)n2)CC1. The van der Waals surface area contributed by atoms with Gasteiger partial charge in [-0.1, -0.05) is 25.1 Å². The number of hydrogen-bond donors (Lipinski definition) is 1. The van der Waals surface area contributed by atoms with Gasteiger partial charge in [-0.15, -0.1) is 11.3 Å². The molecular weight excluding hydrogens is 428 g/mol. The standard InChI is InChI=1S/C23H26N4O2S2/c1-2-17-5-3-4-6-20(17)25-21(28)14-26-8-10-27(11-9-26)22(29)13-19-16-31-23(24-19)18-7-12-30-15-18/h3-7,12,15-16H,2,8-11,13-14H2,1H3,(H,25,28). The Kier molecular flexibility index (Phi) is 7.11. The number of anilines is 1. The lowest BCUT2D eigenvalue weighted by Gasteiger charge is -2.34. The molecule has 4 rings (SSSR count). The average Bonchev–Trinajstić information content (AvgIpc) is 3.46. The number of aromatic nitrogens is 1. The highest BCUT2D eigenvalue weighted by atomic mass is 32.1. The van der Waals surface area contributed by atoms with Crippen LogP contribution >= 0.6 is 22.7 Å². The number of para-hydroxylation sites is 1. The molecule has 1 aliphatic heterocycles. The van der Waals surface area contributed by atoms with Gasteiger partial charge in [0, 0.05) is 48.2 Å². The van der Waals surface area contributed by atoms with E-state index in [-0.39, 0.29) is 11.8 Å². The van der Waals surface area contributed by atoms with Crippen molar-refractivity contribution >= 4 is 40.2 Å². The smallest absolute Gasteiger partial charge is 0.238 e. The molecule has 162 valence electrons. The lowest BCUT2D eigenvalue weighted by atomic mass is 10.1. The Balaban J connectivity index is 1.24. The first-order valence-corrected chi connectivity index (χ1v) is 12.3. The van der Waals surface area contributed by atoms with Crippen LogP contribution < -0.4 is 5.32 Å². The van der Waals surface area contributed by atoms with E-state index < -0.39 is 0 Å². The maximum Gasteiger partial charge on any atom is 0.238 e. The molecule has 1 fully saturated rings. The first-order chi connectivity index (χ1) is 15.1. The summed E-state index contributed by atoms with van der Waals surface area (Å²) in [4.78, 5) is 33.8. The topological polar surface area (TPSA) is 65.5 Å². The van der Waals surface area contributed by atoms with E-state index in [1.165, 1.54) is 0 Å². The van der Waals surface area contributed by atoms with Crippen molar-refractivity contribution in [1.82, 2.24) is 14.8 Å². The minimum absolute atomic E-state index is 0.0101. The fourth-order valence-electron chi connectivity index (χ4n) is 3.67. The van der Waals surface area contributed by atoms with E-state index in [2.05, 4.69) is 27.5 Å². The molecule has 31 heavy (non-hydrogen) atoms. The van der Waals surface area contributed by atoms with Crippen LogP contribution in [0.4, 0.5) is 5.69 Å². The van der Waals surface area contributed by atoms with Crippen LogP contribution in [0.2, 0.25) is 0 Å². The number of rotatable bonds is 7. The van der Waals surface area contributed by atoms with Gasteiger partial charge < -0.3 is 10.2 Å².